The average molecular weight is 250 g/mol. The molecule has 1 aromatic heterocycles. The van der Waals surface area contributed by atoms with E-state index in [1.165, 1.54) is 5.56 Å². The molecule has 1 aromatic carbocycles. The molecule has 17 heavy (non-hydrogen) atoms. The summed E-state index contributed by atoms with van der Waals surface area (Å²) < 4.78 is 2.11. The van der Waals surface area contributed by atoms with Crippen molar-refractivity contribution in [3.05, 3.63) is 53.1 Å². The van der Waals surface area contributed by atoms with Gasteiger partial charge in [-0.05, 0) is 31.7 Å². The van der Waals surface area contributed by atoms with Crippen molar-refractivity contribution >= 4 is 11.6 Å². The van der Waals surface area contributed by atoms with Gasteiger partial charge in [0.25, 0.3) is 0 Å². The number of aromatic nitrogens is 2. The zero-order valence-corrected chi connectivity index (χ0v) is 10.8. The summed E-state index contributed by atoms with van der Waals surface area (Å²) in [6.45, 7) is 2.94. The van der Waals surface area contributed by atoms with Gasteiger partial charge in [-0.15, -0.1) is 0 Å². The number of benzene rings is 1. The van der Waals surface area contributed by atoms with Crippen LogP contribution in [-0.4, -0.2) is 16.6 Å². The lowest BCUT2D eigenvalue weighted by atomic mass is 10.1. The summed E-state index contributed by atoms with van der Waals surface area (Å²) in [5.41, 5.74) is 2.27. The molecule has 0 fully saturated rings. The molecule has 3 nitrogen and oxygen atoms in total. The summed E-state index contributed by atoms with van der Waals surface area (Å²) >= 11 is 5.88. The van der Waals surface area contributed by atoms with Crippen LogP contribution in [0.4, 0.5) is 0 Å². The lowest BCUT2D eigenvalue weighted by Gasteiger charge is -2.13. The first-order valence-corrected chi connectivity index (χ1v) is 6.01. The second kappa shape index (κ2) is 5.34. The minimum absolute atomic E-state index is 0.269. The third-order valence-electron chi connectivity index (χ3n) is 2.81. The van der Waals surface area contributed by atoms with E-state index in [4.69, 9.17) is 11.6 Å². The Labute approximate surface area is 106 Å². The molecule has 1 atom stereocenters. The van der Waals surface area contributed by atoms with Crippen LogP contribution in [0.15, 0.2) is 36.8 Å². The largest absolute Gasteiger partial charge is 0.330 e. The van der Waals surface area contributed by atoms with Gasteiger partial charge < -0.3 is 9.88 Å². The molecule has 4 heteroatoms. The van der Waals surface area contributed by atoms with Crippen LogP contribution in [0.3, 0.4) is 0 Å². The first-order valence-electron chi connectivity index (χ1n) is 5.63. The van der Waals surface area contributed by atoms with Gasteiger partial charge in [0.2, 0.25) is 0 Å². The van der Waals surface area contributed by atoms with Crippen molar-refractivity contribution < 1.29 is 0 Å². The van der Waals surface area contributed by atoms with Crippen LogP contribution < -0.4 is 5.32 Å². The molecule has 0 aliphatic rings. The van der Waals surface area contributed by atoms with Gasteiger partial charge in [0.15, 0.2) is 0 Å². The number of nitrogens with zero attached hydrogens (tertiary/aromatic N) is 2. The van der Waals surface area contributed by atoms with Crippen LogP contribution in [0, 0.1) is 0 Å². The topological polar surface area (TPSA) is 29.9 Å². The molecule has 0 saturated heterocycles. The standard InChI is InChI=1S/C13H16ClN3/c1-10(11-3-5-12(14)6-4-11)17-8-13(7-15-2)16-9-17/h3-6,8-10,15H,7H2,1-2H3. The average Bonchev–Trinajstić information content (AvgIpc) is 2.78. The Morgan fingerprint density at radius 3 is 2.71 bits per heavy atom. The lowest BCUT2D eigenvalue weighted by molar-refractivity contribution is 0.637. The maximum atomic E-state index is 5.88. The predicted octanol–water partition coefficient (Wildman–Crippen LogP) is 2.87. The summed E-state index contributed by atoms with van der Waals surface area (Å²) in [7, 11) is 1.92. The molecule has 1 unspecified atom stereocenters. The Bertz CT molecular complexity index is 476. The molecule has 90 valence electrons. The van der Waals surface area contributed by atoms with Crippen LogP contribution >= 0.6 is 11.6 Å². The molecule has 0 aliphatic carbocycles. The molecular weight excluding hydrogens is 234 g/mol. The summed E-state index contributed by atoms with van der Waals surface area (Å²) in [6.07, 6.45) is 3.93. The summed E-state index contributed by atoms with van der Waals surface area (Å²) in [5, 5.41) is 3.86. The highest BCUT2D eigenvalue weighted by Gasteiger charge is 2.08. The number of halogens is 1. The normalized spacial score (nSPS) is 12.6. The number of rotatable bonds is 4. The molecule has 0 radical (unpaired) electrons. The van der Waals surface area contributed by atoms with Crippen LogP contribution in [0.25, 0.3) is 0 Å². The summed E-state index contributed by atoms with van der Waals surface area (Å²) in [4.78, 5) is 4.34. The molecule has 0 bridgehead atoms. The third-order valence-corrected chi connectivity index (χ3v) is 3.06. The van der Waals surface area contributed by atoms with Gasteiger partial charge in [0, 0.05) is 17.8 Å². The number of nitrogens with one attached hydrogen (secondary N) is 1. The fourth-order valence-electron chi connectivity index (χ4n) is 1.78. The summed E-state index contributed by atoms with van der Waals surface area (Å²) in [6, 6.07) is 8.19. The molecular formula is C13H16ClN3. The van der Waals surface area contributed by atoms with E-state index in [2.05, 4.69) is 28.0 Å². The zero-order chi connectivity index (χ0) is 12.3. The van der Waals surface area contributed by atoms with Crippen LogP contribution in [-0.2, 0) is 6.54 Å². The van der Waals surface area contributed by atoms with Gasteiger partial charge in [0.05, 0.1) is 18.1 Å². The maximum absolute atomic E-state index is 5.88. The minimum Gasteiger partial charge on any atom is -0.330 e. The van der Waals surface area contributed by atoms with Crippen molar-refractivity contribution in [2.24, 2.45) is 0 Å². The van der Waals surface area contributed by atoms with Crippen molar-refractivity contribution in [1.29, 1.82) is 0 Å². The van der Waals surface area contributed by atoms with E-state index in [9.17, 15) is 0 Å². The van der Waals surface area contributed by atoms with Crippen molar-refractivity contribution in [1.82, 2.24) is 14.9 Å². The fourth-order valence-corrected chi connectivity index (χ4v) is 1.90. The Balaban J connectivity index is 2.18. The van der Waals surface area contributed by atoms with E-state index in [-0.39, 0.29) is 6.04 Å². The van der Waals surface area contributed by atoms with Crippen LogP contribution in [0.5, 0.6) is 0 Å². The predicted molar refractivity (Wildman–Crippen MR) is 70.3 cm³/mol. The van der Waals surface area contributed by atoms with Gasteiger partial charge in [0.1, 0.15) is 0 Å². The van der Waals surface area contributed by atoms with Crippen molar-refractivity contribution in [3.8, 4) is 0 Å². The van der Waals surface area contributed by atoms with Crippen LogP contribution in [0.2, 0.25) is 5.02 Å². The Morgan fingerprint density at radius 1 is 1.35 bits per heavy atom. The molecule has 0 aliphatic heterocycles. The first-order chi connectivity index (χ1) is 8.20. The lowest BCUT2D eigenvalue weighted by Crippen LogP contribution is -2.06. The van der Waals surface area contributed by atoms with E-state index < -0.39 is 0 Å². The maximum Gasteiger partial charge on any atom is 0.0955 e. The monoisotopic (exact) mass is 249 g/mol. The molecule has 0 saturated carbocycles. The quantitative estimate of drug-likeness (QED) is 0.903. The van der Waals surface area contributed by atoms with Gasteiger partial charge in [-0.25, -0.2) is 4.98 Å². The van der Waals surface area contributed by atoms with Gasteiger partial charge in [-0.2, -0.15) is 0 Å². The highest BCUT2D eigenvalue weighted by molar-refractivity contribution is 6.30. The highest BCUT2D eigenvalue weighted by Crippen LogP contribution is 2.20. The van der Waals surface area contributed by atoms with E-state index in [0.29, 0.717) is 0 Å². The molecule has 2 rings (SSSR count). The SMILES string of the molecule is CNCc1cn(C(C)c2ccc(Cl)cc2)cn1. The van der Waals surface area contributed by atoms with E-state index in [1.54, 1.807) is 0 Å². The zero-order valence-electron chi connectivity index (χ0n) is 10.0. The van der Waals surface area contributed by atoms with E-state index in [0.717, 1.165) is 17.3 Å². The van der Waals surface area contributed by atoms with E-state index >= 15 is 0 Å². The second-order valence-corrected chi connectivity index (χ2v) is 4.51. The smallest absolute Gasteiger partial charge is 0.0955 e. The molecule has 1 N–H and O–H groups in total. The molecule has 0 amide bonds. The van der Waals surface area contributed by atoms with Crippen molar-refractivity contribution in [2.75, 3.05) is 7.05 Å². The Morgan fingerprint density at radius 2 is 2.06 bits per heavy atom. The van der Waals surface area contributed by atoms with Gasteiger partial charge in [-0.1, -0.05) is 23.7 Å². The summed E-state index contributed by atoms with van der Waals surface area (Å²) in [5.74, 6) is 0. The number of imidazole rings is 1. The molecule has 0 spiro atoms. The Hall–Kier alpha value is -1.32. The second-order valence-electron chi connectivity index (χ2n) is 4.07. The van der Waals surface area contributed by atoms with Crippen molar-refractivity contribution in [2.45, 2.75) is 19.5 Å². The molecule has 1 heterocycles. The van der Waals surface area contributed by atoms with E-state index in [1.807, 2.05) is 37.6 Å². The van der Waals surface area contributed by atoms with Gasteiger partial charge in [-0.3, -0.25) is 0 Å². The molecule has 2 aromatic rings. The first kappa shape index (κ1) is 12.1. The minimum atomic E-state index is 0.269. The Kier molecular flexibility index (Phi) is 3.82. The number of hydrogen-bond acceptors (Lipinski definition) is 2. The third kappa shape index (κ3) is 2.87. The van der Waals surface area contributed by atoms with Gasteiger partial charge >= 0.3 is 0 Å². The van der Waals surface area contributed by atoms with Crippen molar-refractivity contribution in [3.63, 3.8) is 0 Å². The highest BCUT2D eigenvalue weighted by atomic mass is 35.5. The number of hydrogen-bond donors (Lipinski definition) is 1. The fraction of sp³-hybridized carbons (Fsp3) is 0.308. The van der Waals surface area contributed by atoms with Crippen LogP contribution in [0.1, 0.15) is 24.2 Å².